The molecule has 2 heterocycles. The van der Waals surface area contributed by atoms with Gasteiger partial charge >= 0.3 is 0 Å². The van der Waals surface area contributed by atoms with E-state index < -0.39 is 0 Å². The zero-order valence-electron chi connectivity index (χ0n) is 15.8. The first kappa shape index (κ1) is 17.3. The number of hydrogen-bond acceptors (Lipinski definition) is 3. The van der Waals surface area contributed by atoms with Gasteiger partial charge in [0, 0.05) is 30.4 Å². The van der Waals surface area contributed by atoms with E-state index in [1.165, 1.54) is 16.8 Å². The van der Waals surface area contributed by atoms with Gasteiger partial charge in [-0.25, -0.2) is 4.68 Å². The molecule has 5 nitrogen and oxygen atoms in total. The van der Waals surface area contributed by atoms with Crippen LogP contribution in [0.4, 0.5) is 0 Å². The number of nitrogens with zero attached hydrogens (tertiary/aromatic N) is 3. The Balaban J connectivity index is 1.68. The average molecular weight is 352 g/mol. The largest absolute Gasteiger partial charge is 0.333 e. The highest BCUT2D eigenvalue weighted by molar-refractivity contribution is 5.94. The molecule has 1 N–H and O–H groups in total. The number of nitrogens with one attached hydrogen (secondary N) is 1. The third-order valence-electron chi connectivity index (χ3n) is 5.80. The van der Waals surface area contributed by atoms with Gasteiger partial charge in [-0.05, 0) is 63.3 Å². The summed E-state index contributed by atoms with van der Waals surface area (Å²) < 4.78 is 2.01. The normalized spacial score (nSPS) is 19.2. The quantitative estimate of drug-likeness (QED) is 0.900. The van der Waals surface area contributed by atoms with Crippen LogP contribution in [-0.4, -0.2) is 46.8 Å². The number of fused-ring (bicyclic) bond motifs is 1. The van der Waals surface area contributed by atoms with Crippen molar-refractivity contribution in [1.29, 1.82) is 0 Å². The van der Waals surface area contributed by atoms with E-state index in [0.717, 1.165) is 57.3 Å². The summed E-state index contributed by atoms with van der Waals surface area (Å²) in [5.74, 6) is 0.116. The van der Waals surface area contributed by atoms with Crippen LogP contribution in [0, 0.1) is 0 Å². The van der Waals surface area contributed by atoms with Crippen molar-refractivity contribution in [3.05, 3.63) is 46.8 Å². The highest BCUT2D eigenvalue weighted by atomic mass is 16.2. The minimum Gasteiger partial charge on any atom is -0.333 e. The third kappa shape index (κ3) is 2.94. The minimum atomic E-state index is 0.116. The Bertz CT molecular complexity index is 793. The molecule has 0 saturated carbocycles. The molecular weight excluding hydrogens is 324 g/mol. The summed E-state index contributed by atoms with van der Waals surface area (Å²) in [6.45, 7) is 3.86. The fourth-order valence-corrected chi connectivity index (χ4v) is 4.38. The maximum Gasteiger partial charge on any atom is 0.274 e. The standard InChI is InChI=1S/C21H28N4O/c1-3-15-9-11-16(12-10-15)25-19-8-4-7-18(19)20(23-25)21(26)24-13-5-6-17(24)14-22-2/h9-12,17,22H,3-8,13-14H2,1-2H3. The van der Waals surface area contributed by atoms with Crippen LogP contribution in [0.5, 0.6) is 0 Å². The number of carbonyl (C=O) groups is 1. The van der Waals surface area contributed by atoms with Crippen LogP contribution >= 0.6 is 0 Å². The van der Waals surface area contributed by atoms with Crippen molar-refractivity contribution in [2.24, 2.45) is 0 Å². The number of aryl methyl sites for hydroxylation is 1. The van der Waals surface area contributed by atoms with Gasteiger partial charge in [0.15, 0.2) is 5.69 Å². The molecule has 4 rings (SSSR count). The van der Waals surface area contributed by atoms with E-state index in [9.17, 15) is 4.79 Å². The number of benzene rings is 1. The molecule has 1 aliphatic carbocycles. The fourth-order valence-electron chi connectivity index (χ4n) is 4.38. The monoisotopic (exact) mass is 352 g/mol. The number of carbonyl (C=O) groups excluding carboxylic acids is 1. The average Bonchev–Trinajstić information content (AvgIpc) is 3.38. The Morgan fingerprint density at radius 3 is 2.77 bits per heavy atom. The van der Waals surface area contributed by atoms with E-state index in [4.69, 9.17) is 5.10 Å². The molecular formula is C21H28N4O. The molecule has 1 amide bonds. The lowest BCUT2D eigenvalue weighted by atomic mass is 10.1. The smallest absolute Gasteiger partial charge is 0.274 e. The van der Waals surface area contributed by atoms with Crippen LogP contribution in [0.2, 0.25) is 0 Å². The summed E-state index contributed by atoms with van der Waals surface area (Å²) in [7, 11) is 1.95. The molecule has 5 heteroatoms. The van der Waals surface area contributed by atoms with Gasteiger partial charge in [-0.1, -0.05) is 19.1 Å². The van der Waals surface area contributed by atoms with Crippen molar-refractivity contribution >= 4 is 5.91 Å². The van der Waals surface area contributed by atoms with Crippen LogP contribution in [0.15, 0.2) is 24.3 Å². The summed E-state index contributed by atoms with van der Waals surface area (Å²) >= 11 is 0. The number of amides is 1. The molecule has 2 aromatic rings. The maximum atomic E-state index is 13.3. The Labute approximate surface area is 155 Å². The van der Waals surface area contributed by atoms with Gasteiger partial charge in [0.2, 0.25) is 0 Å². The van der Waals surface area contributed by atoms with Gasteiger partial charge in [0.05, 0.1) is 5.69 Å². The molecule has 1 saturated heterocycles. The van der Waals surface area contributed by atoms with Crippen molar-refractivity contribution in [3.8, 4) is 5.69 Å². The molecule has 1 aromatic heterocycles. The summed E-state index contributed by atoms with van der Waals surface area (Å²) in [4.78, 5) is 15.3. The lowest BCUT2D eigenvalue weighted by Crippen LogP contribution is -2.41. The fraction of sp³-hybridized carbons (Fsp3) is 0.524. The predicted octanol–water partition coefficient (Wildman–Crippen LogP) is 2.75. The number of rotatable bonds is 5. The van der Waals surface area contributed by atoms with E-state index in [0.29, 0.717) is 11.7 Å². The molecule has 138 valence electrons. The summed E-state index contributed by atoms with van der Waals surface area (Å²) in [6.07, 6.45) is 6.27. The van der Waals surface area contributed by atoms with Crippen LogP contribution in [0.1, 0.15) is 53.5 Å². The van der Waals surface area contributed by atoms with Crippen molar-refractivity contribution in [2.75, 3.05) is 20.1 Å². The van der Waals surface area contributed by atoms with E-state index in [1.807, 2.05) is 16.6 Å². The first-order valence-electron chi connectivity index (χ1n) is 9.88. The predicted molar refractivity (Wildman–Crippen MR) is 103 cm³/mol. The van der Waals surface area contributed by atoms with E-state index in [2.05, 4.69) is 36.5 Å². The topological polar surface area (TPSA) is 50.2 Å². The van der Waals surface area contributed by atoms with Crippen molar-refractivity contribution in [2.45, 2.75) is 51.5 Å². The van der Waals surface area contributed by atoms with Crippen LogP contribution in [0.25, 0.3) is 5.69 Å². The van der Waals surface area contributed by atoms with E-state index in [-0.39, 0.29) is 5.91 Å². The first-order valence-corrected chi connectivity index (χ1v) is 9.88. The van der Waals surface area contributed by atoms with Gasteiger partial charge < -0.3 is 10.2 Å². The highest BCUT2D eigenvalue weighted by Crippen LogP contribution is 2.30. The van der Waals surface area contributed by atoms with Gasteiger partial charge in [0.1, 0.15) is 0 Å². The summed E-state index contributed by atoms with van der Waals surface area (Å²) in [5, 5.41) is 8.02. The van der Waals surface area contributed by atoms with Gasteiger partial charge in [-0.15, -0.1) is 0 Å². The number of hydrogen-bond donors (Lipinski definition) is 1. The molecule has 0 bridgehead atoms. The minimum absolute atomic E-state index is 0.116. The molecule has 1 aliphatic heterocycles. The molecule has 0 radical (unpaired) electrons. The van der Waals surface area contributed by atoms with Crippen molar-refractivity contribution in [1.82, 2.24) is 20.0 Å². The Kier molecular flexibility index (Phi) is 4.81. The second kappa shape index (κ2) is 7.23. The van der Waals surface area contributed by atoms with Crippen molar-refractivity contribution < 1.29 is 4.79 Å². The molecule has 0 spiro atoms. The lowest BCUT2D eigenvalue weighted by molar-refractivity contribution is 0.0729. The second-order valence-electron chi connectivity index (χ2n) is 7.41. The van der Waals surface area contributed by atoms with Gasteiger partial charge in [-0.2, -0.15) is 5.10 Å². The number of likely N-dealkylation sites (N-methyl/N-ethyl adjacent to an activating group) is 1. The molecule has 1 atom stereocenters. The van der Waals surface area contributed by atoms with E-state index in [1.54, 1.807) is 0 Å². The molecule has 26 heavy (non-hydrogen) atoms. The number of aromatic nitrogens is 2. The molecule has 1 fully saturated rings. The Hall–Kier alpha value is -2.14. The van der Waals surface area contributed by atoms with E-state index >= 15 is 0 Å². The SMILES string of the molecule is CCc1ccc(-n2nc(C(=O)N3CCCC3CNC)c3c2CCC3)cc1. The third-order valence-corrected chi connectivity index (χ3v) is 5.80. The first-order chi connectivity index (χ1) is 12.7. The highest BCUT2D eigenvalue weighted by Gasteiger charge is 2.34. The van der Waals surface area contributed by atoms with Crippen molar-refractivity contribution in [3.63, 3.8) is 0 Å². The molecule has 1 unspecified atom stereocenters. The Morgan fingerprint density at radius 2 is 2.04 bits per heavy atom. The summed E-state index contributed by atoms with van der Waals surface area (Å²) in [5.41, 5.74) is 5.46. The molecule has 1 aromatic carbocycles. The lowest BCUT2D eigenvalue weighted by Gasteiger charge is -2.24. The van der Waals surface area contributed by atoms with Crippen LogP contribution in [0.3, 0.4) is 0 Å². The maximum absolute atomic E-state index is 13.3. The van der Waals surface area contributed by atoms with Gasteiger partial charge in [0.25, 0.3) is 5.91 Å². The Morgan fingerprint density at radius 1 is 1.23 bits per heavy atom. The zero-order chi connectivity index (χ0) is 18.1. The van der Waals surface area contributed by atoms with Crippen LogP contribution < -0.4 is 5.32 Å². The van der Waals surface area contributed by atoms with Crippen LogP contribution in [-0.2, 0) is 19.3 Å². The zero-order valence-corrected chi connectivity index (χ0v) is 15.8. The second-order valence-corrected chi connectivity index (χ2v) is 7.41. The number of likely N-dealkylation sites (tertiary alicyclic amines) is 1. The summed E-state index contributed by atoms with van der Waals surface area (Å²) in [6, 6.07) is 8.85. The molecule has 2 aliphatic rings. The van der Waals surface area contributed by atoms with Gasteiger partial charge in [-0.3, -0.25) is 4.79 Å².